The van der Waals surface area contributed by atoms with Crippen molar-refractivity contribution in [3.05, 3.63) is 66.2 Å². The maximum atomic E-state index is 12.2. The normalized spacial score (nSPS) is 11.0. The van der Waals surface area contributed by atoms with Crippen LogP contribution in [0.1, 0.15) is 11.1 Å². The van der Waals surface area contributed by atoms with Crippen LogP contribution >= 0.6 is 0 Å². The summed E-state index contributed by atoms with van der Waals surface area (Å²) >= 11 is 0. The van der Waals surface area contributed by atoms with E-state index in [2.05, 4.69) is 11.3 Å². The van der Waals surface area contributed by atoms with E-state index in [9.17, 15) is 8.42 Å². The molecule has 2 aromatic rings. The van der Waals surface area contributed by atoms with Gasteiger partial charge in [0.15, 0.2) is 0 Å². The van der Waals surface area contributed by atoms with Gasteiger partial charge in [-0.15, -0.1) is 0 Å². The minimum absolute atomic E-state index is 0.247. The van der Waals surface area contributed by atoms with Crippen molar-refractivity contribution >= 4 is 21.8 Å². The minimum Gasteiger partial charge on any atom is -0.279 e. The second-order valence-corrected chi connectivity index (χ2v) is 5.89. The third-order valence-corrected chi connectivity index (χ3v) is 4.14. The Kier molecular flexibility index (Phi) is 3.71. The molecule has 0 saturated carbocycles. The van der Waals surface area contributed by atoms with Crippen LogP contribution in [-0.4, -0.2) is 8.42 Å². The van der Waals surface area contributed by atoms with Crippen molar-refractivity contribution in [3.8, 4) is 0 Å². The summed E-state index contributed by atoms with van der Waals surface area (Å²) in [5.74, 6) is 0. The molecule has 0 aromatic heterocycles. The van der Waals surface area contributed by atoms with Gasteiger partial charge in [0.2, 0.25) is 0 Å². The number of benzene rings is 2. The average Bonchev–Trinajstić information content (AvgIpc) is 2.39. The highest BCUT2D eigenvalue weighted by Crippen LogP contribution is 2.20. The maximum absolute atomic E-state index is 12.2. The van der Waals surface area contributed by atoms with Crippen LogP contribution in [0.3, 0.4) is 0 Å². The van der Waals surface area contributed by atoms with Crippen molar-refractivity contribution in [3.63, 3.8) is 0 Å². The summed E-state index contributed by atoms with van der Waals surface area (Å²) in [6, 6.07) is 13.9. The lowest BCUT2D eigenvalue weighted by Crippen LogP contribution is -2.13. The van der Waals surface area contributed by atoms with E-state index in [4.69, 9.17) is 0 Å². The summed E-state index contributed by atoms with van der Waals surface area (Å²) in [7, 11) is -3.56. The van der Waals surface area contributed by atoms with Crippen molar-refractivity contribution < 1.29 is 8.42 Å². The minimum atomic E-state index is -3.56. The molecule has 0 spiro atoms. The van der Waals surface area contributed by atoms with Crippen LogP contribution in [0.5, 0.6) is 0 Å². The molecule has 0 atom stereocenters. The predicted octanol–water partition coefficient (Wildman–Crippen LogP) is 3.44. The largest absolute Gasteiger partial charge is 0.279 e. The predicted molar refractivity (Wildman–Crippen MR) is 78.5 cm³/mol. The number of anilines is 1. The number of hydrogen-bond donors (Lipinski definition) is 1. The number of para-hydroxylation sites is 1. The van der Waals surface area contributed by atoms with Crippen LogP contribution < -0.4 is 4.72 Å². The average molecular weight is 273 g/mol. The summed E-state index contributed by atoms with van der Waals surface area (Å²) in [6.45, 7) is 5.58. The Morgan fingerprint density at radius 2 is 1.68 bits per heavy atom. The Bertz CT molecular complexity index is 688. The van der Waals surface area contributed by atoms with E-state index in [-0.39, 0.29) is 4.90 Å². The summed E-state index contributed by atoms with van der Waals surface area (Å²) in [5.41, 5.74) is 2.29. The zero-order chi connectivity index (χ0) is 13.9. The van der Waals surface area contributed by atoms with Crippen molar-refractivity contribution in [2.24, 2.45) is 0 Å². The molecule has 0 aliphatic heterocycles. The highest BCUT2D eigenvalue weighted by molar-refractivity contribution is 7.92. The number of sulfonamides is 1. The van der Waals surface area contributed by atoms with Gasteiger partial charge in [-0.1, -0.05) is 48.6 Å². The van der Waals surface area contributed by atoms with E-state index in [0.717, 1.165) is 11.1 Å². The standard InChI is InChI=1S/C15H15NO2S/c1-3-13-6-4-5-7-15(13)16-19(17,18)14-10-8-12(2)9-11-14/h3-11,16H,1H2,2H3. The Morgan fingerprint density at radius 3 is 2.32 bits per heavy atom. The lowest BCUT2D eigenvalue weighted by Gasteiger charge is -2.10. The fourth-order valence-electron chi connectivity index (χ4n) is 1.69. The third kappa shape index (κ3) is 3.03. The van der Waals surface area contributed by atoms with Crippen molar-refractivity contribution in [2.45, 2.75) is 11.8 Å². The van der Waals surface area contributed by atoms with E-state index in [0.29, 0.717) is 5.69 Å². The molecule has 98 valence electrons. The quantitative estimate of drug-likeness (QED) is 0.927. The monoisotopic (exact) mass is 273 g/mol. The molecule has 19 heavy (non-hydrogen) atoms. The van der Waals surface area contributed by atoms with Gasteiger partial charge in [-0.3, -0.25) is 4.72 Å². The fraction of sp³-hybridized carbons (Fsp3) is 0.0667. The Labute approximate surface area is 113 Å². The first-order valence-electron chi connectivity index (χ1n) is 5.84. The molecule has 0 aliphatic carbocycles. The molecule has 0 unspecified atom stereocenters. The smallest absolute Gasteiger partial charge is 0.261 e. The van der Waals surface area contributed by atoms with E-state index < -0.39 is 10.0 Å². The van der Waals surface area contributed by atoms with Crippen molar-refractivity contribution in [1.29, 1.82) is 0 Å². The number of rotatable bonds is 4. The number of hydrogen-bond acceptors (Lipinski definition) is 2. The molecule has 2 rings (SSSR count). The molecule has 0 heterocycles. The highest BCUT2D eigenvalue weighted by atomic mass is 32.2. The summed E-state index contributed by atoms with van der Waals surface area (Å²) in [5, 5.41) is 0. The molecule has 0 fully saturated rings. The van der Waals surface area contributed by atoms with Crippen molar-refractivity contribution in [2.75, 3.05) is 4.72 Å². The lowest BCUT2D eigenvalue weighted by atomic mass is 10.2. The zero-order valence-electron chi connectivity index (χ0n) is 10.6. The van der Waals surface area contributed by atoms with Gasteiger partial charge in [0.25, 0.3) is 10.0 Å². The lowest BCUT2D eigenvalue weighted by molar-refractivity contribution is 0.601. The SMILES string of the molecule is C=Cc1ccccc1NS(=O)(=O)c1ccc(C)cc1. The van der Waals surface area contributed by atoms with Crippen LogP contribution in [0.4, 0.5) is 5.69 Å². The Hall–Kier alpha value is -2.07. The second-order valence-electron chi connectivity index (χ2n) is 4.21. The Balaban J connectivity index is 2.36. The van der Waals surface area contributed by atoms with Gasteiger partial charge in [-0.05, 0) is 30.7 Å². The van der Waals surface area contributed by atoms with Crippen LogP contribution in [0.15, 0.2) is 60.0 Å². The molecule has 0 radical (unpaired) electrons. The van der Waals surface area contributed by atoms with Crippen LogP contribution in [0.2, 0.25) is 0 Å². The van der Waals surface area contributed by atoms with Crippen molar-refractivity contribution in [1.82, 2.24) is 0 Å². The molecule has 4 heteroatoms. The number of nitrogens with one attached hydrogen (secondary N) is 1. The zero-order valence-corrected chi connectivity index (χ0v) is 11.4. The molecule has 0 bridgehead atoms. The number of aryl methyl sites for hydroxylation is 1. The van der Waals surface area contributed by atoms with E-state index >= 15 is 0 Å². The molecule has 2 aromatic carbocycles. The molecule has 0 amide bonds. The molecule has 0 saturated heterocycles. The molecular formula is C15H15NO2S. The van der Waals surface area contributed by atoms with Crippen LogP contribution in [0.25, 0.3) is 6.08 Å². The van der Waals surface area contributed by atoms with E-state index in [1.807, 2.05) is 13.0 Å². The van der Waals surface area contributed by atoms with Gasteiger partial charge in [0.05, 0.1) is 10.6 Å². The van der Waals surface area contributed by atoms with Gasteiger partial charge in [-0.2, -0.15) is 0 Å². The second kappa shape index (κ2) is 5.28. The Morgan fingerprint density at radius 1 is 1.05 bits per heavy atom. The van der Waals surface area contributed by atoms with Gasteiger partial charge in [-0.25, -0.2) is 8.42 Å². The first-order valence-corrected chi connectivity index (χ1v) is 7.32. The maximum Gasteiger partial charge on any atom is 0.261 e. The van der Waals surface area contributed by atoms with Gasteiger partial charge in [0, 0.05) is 0 Å². The topological polar surface area (TPSA) is 46.2 Å². The molecule has 1 N–H and O–H groups in total. The molecule has 0 aliphatic rings. The van der Waals surface area contributed by atoms with Gasteiger partial charge >= 0.3 is 0 Å². The van der Waals surface area contributed by atoms with Crippen LogP contribution in [-0.2, 0) is 10.0 Å². The van der Waals surface area contributed by atoms with E-state index in [1.165, 1.54) is 0 Å². The molecule has 3 nitrogen and oxygen atoms in total. The van der Waals surface area contributed by atoms with Crippen LogP contribution in [0, 0.1) is 6.92 Å². The van der Waals surface area contributed by atoms with E-state index in [1.54, 1.807) is 48.5 Å². The van der Waals surface area contributed by atoms with Gasteiger partial charge in [0.1, 0.15) is 0 Å². The fourth-order valence-corrected chi connectivity index (χ4v) is 2.78. The first kappa shape index (κ1) is 13.4. The summed E-state index contributed by atoms with van der Waals surface area (Å²) in [6.07, 6.45) is 1.62. The highest BCUT2D eigenvalue weighted by Gasteiger charge is 2.14. The summed E-state index contributed by atoms with van der Waals surface area (Å²) in [4.78, 5) is 0.247. The first-order chi connectivity index (χ1) is 9.03. The molecular weight excluding hydrogens is 258 g/mol. The third-order valence-electron chi connectivity index (χ3n) is 2.76. The van der Waals surface area contributed by atoms with Gasteiger partial charge < -0.3 is 0 Å². The summed E-state index contributed by atoms with van der Waals surface area (Å²) < 4.78 is 27.0.